The van der Waals surface area contributed by atoms with Crippen molar-refractivity contribution in [3.05, 3.63) is 137 Å². The minimum Gasteiger partial charge on any atom is -0.422 e. The Hall–Kier alpha value is -4.99. The van der Waals surface area contributed by atoms with Gasteiger partial charge in [-0.3, -0.25) is 9.52 Å². The molecule has 0 unspecified atom stereocenters. The summed E-state index contributed by atoms with van der Waals surface area (Å²) in [5, 5.41) is 6.20. The molecule has 5 aromatic rings. The van der Waals surface area contributed by atoms with Crippen LogP contribution in [-0.4, -0.2) is 26.5 Å². The van der Waals surface area contributed by atoms with Crippen LogP contribution in [0.15, 0.2) is 125 Å². The first-order valence-electron chi connectivity index (χ1n) is 12.3. The number of ether oxygens (including phenoxy) is 1. The Balaban J connectivity index is 1.31. The number of nitrogens with zero attached hydrogens (tertiary/aromatic N) is 1. The molecular formula is C31H22ClN3O5S. The lowest BCUT2D eigenvalue weighted by atomic mass is 10.0. The zero-order valence-corrected chi connectivity index (χ0v) is 22.9. The second-order valence-corrected chi connectivity index (χ2v) is 10.9. The second kappa shape index (κ2) is 12.0. The molecule has 0 aliphatic heterocycles. The molecule has 0 heterocycles. The van der Waals surface area contributed by atoms with Crippen molar-refractivity contribution in [2.75, 3.05) is 4.72 Å². The molecule has 0 aromatic heterocycles. The van der Waals surface area contributed by atoms with Crippen molar-refractivity contribution in [3.63, 3.8) is 0 Å². The number of halogens is 1. The van der Waals surface area contributed by atoms with Crippen LogP contribution >= 0.6 is 11.6 Å². The van der Waals surface area contributed by atoms with Gasteiger partial charge in [0, 0.05) is 21.8 Å². The van der Waals surface area contributed by atoms with E-state index in [1.807, 2.05) is 30.3 Å². The molecule has 0 radical (unpaired) electrons. The number of amides is 1. The van der Waals surface area contributed by atoms with Crippen LogP contribution in [-0.2, 0) is 10.0 Å². The molecule has 1 amide bonds. The van der Waals surface area contributed by atoms with Crippen LogP contribution in [0.5, 0.6) is 5.75 Å². The lowest BCUT2D eigenvalue weighted by Crippen LogP contribution is -2.18. The molecule has 0 saturated heterocycles. The number of nitrogens with one attached hydrogen (secondary N) is 2. The van der Waals surface area contributed by atoms with Crippen molar-refractivity contribution in [2.24, 2.45) is 5.10 Å². The van der Waals surface area contributed by atoms with E-state index < -0.39 is 21.9 Å². The summed E-state index contributed by atoms with van der Waals surface area (Å²) in [7, 11) is -3.83. The van der Waals surface area contributed by atoms with Gasteiger partial charge < -0.3 is 4.74 Å². The van der Waals surface area contributed by atoms with E-state index in [9.17, 15) is 18.0 Å². The molecule has 0 spiro atoms. The van der Waals surface area contributed by atoms with Gasteiger partial charge in [-0.2, -0.15) is 5.10 Å². The maximum Gasteiger partial charge on any atom is 0.343 e. The summed E-state index contributed by atoms with van der Waals surface area (Å²) in [6, 6.07) is 31.3. The Bertz CT molecular complexity index is 1860. The topological polar surface area (TPSA) is 114 Å². The van der Waals surface area contributed by atoms with Gasteiger partial charge in [0.05, 0.1) is 16.7 Å². The molecule has 0 aliphatic rings. The standard InChI is InChI=1S/C31H22ClN3O5S/c32-24-13-17-26(18-14-24)41(38,39)35-25-15-10-22(11-16-25)30(36)34-33-20-28-27-9-5-4-6-21(27)12-19-29(28)40-31(37)23-7-2-1-3-8-23/h1-20,35H,(H,34,36). The number of esters is 1. The van der Waals surface area contributed by atoms with Crippen LogP contribution in [0.3, 0.4) is 0 Å². The number of rotatable bonds is 8. The summed E-state index contributed by atoms with van der Waals surface area (Å²) in [4.78, 5) is 25.5. The Morgan fingerprint density at radius 2 is 1.44 bits per heavy atom. The number of benzene rings is 5. The Morgan fingerprint density at radius 3 is 2.17 bits per heavy atom. The average Bonchev–Trinajstić information content (AvgIpc) is 2.98. The van der Waals surface area contributed by atoms with Gasteiger partial charge in [-0.1, -0.05) is 60.1 Å². The molecule has 10 heteroatoms. The van der Waals surface area contributed by atoms with Gasteiger partial charge in [0.15, 0.2) is 0 Å². The summed E-state index contributed by atoms with van der Waals surface area (Å²) >= 11 is 5.83. The zero-order valence-electron chi connectivity index (χ0n) is 21.3. The van der Waals surface area contributed by atoms with Crippen LogP contribution < -0.4 is 14.9 Å². The maximum absolute atomic E-state index is 12.7. The van der Waals surface area contributed by atoms with E-state index in [0.717, 1.165) is 10.8 Å². The smallest absolute Gasteiger partial charge is 0.343 e. The van der Waals surface area contributed by atoms with E-state index in [0.29, 0.717) is 16.1 Å². The van der Waals surface area contributed by atoms with Crippen molar-refractivity contribution < 1.29 is 22.7 Å². The van der Waals surface area contributed by atoms with E-state index in [1.165, 1.54) is 54.7 Å². The van der Waals surface area contributed by atoms with Gasteiger partial charge in [0.25, 0.3) is 15.9 Å². The number of anilines is 1. The highest BCUT2D eigenvalue weighted by Gasteiger charge is 2.15. The highest BCUT2D eigenvalue weighted by molar-refractivity contribution is 7.92. The minimum atomic E-state index is -3.83. The number of sulfonamides is 1. The fourth-order valence-corrected chi connectivity index (χ4v) is 5.15. The number of hydrogen-bond acceptors (Lipinski definition) is 6. The van der Waals surface area contributed by atoms with E-state index in [4.69, 9.17) is 16.3 Å². The maximum atomic E-state index is 12.7. The molecule has 0 bridgehead atoms. The second-order valence-electron chi connectivity index (χ2n) is 8.79. The Morgan fingerprint density at radius 1 is 0.756 bits per heavy atom. The first kappa shape index (κ1) is 27.6. The molecule has 0 aliphatic carbocycles. The first-order chi connectivity index (χ1) is 19.8. The van der Waals surface area contributed by atoms with Crippen LogP contribution in [0.4, 0.5) is 5.69 Å². The number of carbonyl (C=O) groups is 2. The molecular weight excluding hydrogens is 562 g/mol. The molecule has 0 atom stereocenters. The number of hydrogen-bond donors (Lipinski definition) is 2. The first-order valence-corrected chi connectivity index (χ1v) is 14.2. The molecule has 5 rings (SSSR count). The van der Waals surface area contributed by atoms with Gasteiger partial charge in [-0.05, 0) is 77.5 Å². The van der Waals surface area contributed by atoms with Crippen molar-refractivity contribution >= 4 is 56.2 Å². The number of fused-ring (bicyclic) bond motifs is 1. The quantitative estimate of drug-likeness (QED) is 0.0966. The Kier molecular flexibility index (Phi) is 8.09. The third-order valence-electron chi connectivity index (χ3n) is 6.03. The van der Waals surface area contributed by atoms with Gasteiger partial charge >= 0.3 is 5.97 Å². The normalized spacial score (nSPS) is 11.3. The molecule has 8 nitrogen and oxygen atoms in total. The summed E-state index contributed by atoms with van der Waals surface area (Å²) in [5.41, 5.74) is 3.91. The van der Waals surface area contributed by atoms with Crippen LogP contribution in [0.2, 0.25) is 5.02 Å². The number of hydrazone groups is 1. The average molecular weight is 584 g/mol. The van der Waals surface area contributed by atoms with E-state index in [1.54, 1.807) is 36.4 Å². The largest absolute Gasteiger partial charge is 0.422 e. The summed E-state index contributed by atoms with van der Waals surface area (Å²) in [6.07, 6.45) is 1.42. The molecule has 2 N–H and O–H groups in total. The lowest BCUT2D eigenvalue weighted by Gasteiger charge is -2.11. The third kappa shape index (κ3) is 6.60. The molecule has 5 aromatic carbocycles. The summed E-state index contributed by atoms with van der Waals surface area (Å²) in [5.74, 6) is -0.754. The number of carbonyl (C=O) groups excluding carboxylic acids is 2. The van der Waals surface area contributed by atoms with Gasteiger partial charge in [0.1, 0.15) is 5.75 Å². The molecule has 41 heavy (non-hydrogen) atoms. The SMILES string of the molecule is O=C(NN=Cc1c(OC(=O)c2ccccc2)ccc2ccccc12)c1ccc(NS(=O)(=O)c2ccc(Cl)cc2)cc1. The highest BCUT2D eigenvalue weighted by atomic mass is 35.5. The summed E-state index contributed by atoms with van der Waals surface area (Å²) < 4.78 is 33.3. The Labute approximate surface area is 241 Å². The van der Waals surface area contributed by atoms with Crippen molar-refractivity contribution in [3.8, 4) is 5.75 Å². The molecule has 0 fully saturated rings. The van der Waals surface area contributed by atoms with Gasteiger partial charge in [-0.25, -0.2) is 18.6 Å². The van der Waals surface area contributed by atoms with Crippen molar-refractivity contribution in [1.29, 1.82) is 0 Å². The highest BCUT2D eigenvalue weighted by Crippen LogP contribution is 2.27. The fourth-order valence-electron chi connectivity index (χ4n) is 3.97. The van der Waals surface area contributed by atoms with Crippen molar-refractivity contribution in [2.45, 2.75) is 4.90 Å². The minimum absolute atomic E-state index is 0.0558. The van der Waals surface area contributed by atoms with Gasteiger partial charge in [-0.15, -0.1) is 0 Å². The fraction of sp³-hybridized carbons (Fsp3) is 0. The third-order valence-corrected chi connectivity index (χ3v) is 7.67. The van der Waals surface area contributed by atoms with Gasteiger partial charge in [0.2, 0.25) is 0 Å². The molecule has 0 saturated carbocycles. The molecule has 204 valence electrons. The predicted octanol–water partition coefficient (Wildman–Crippen LogP) is 6.28. The van der Waals surface area contributed by atoms with E-state index in [-0.39, 0.29) is 21.9 Å². The van der Waals surface area contributed by atoms with E-state index >= 15 is 0 Å². The van der Waals surface area contributed by atoms with Crippen molar-refractivity contribution in [1.82, 2.24) is 5.43 Å². The van der Waals surface area contributed by atoms with Crippen LogP contribution in [0, 0.1) is 0 Å². The van der Waals surface area contributed by atoms with Crippen LogP contribution in [0.25, 0.3) is 10.8 Å². The summed E-state index contributed by atoms with van der Waals surface area (Å²) in [6.45, 7) is 0. The van der Waals surface area contributed by atoms with Crippen LogP contribution in [0.1, 0.15) is 26.3 Å². The predicted molar refractivity (Wildman–Crippen MR) is 159 cm³/mol. The monoisotopic (exact) mass is 583 g/mol. The zero-order chi connectivity index (χ0) is 28.8. The van der Waals surface area contributed by atoms with E-state index in [2.05, 4.69) is 15.2 Å². The lowest BCUT2D eigenvalue weighted by molar-refractivity contribution is 0.0734.